The van der Waals surface area contributed by atoms with E-state index in [-0.39, 0.29) is 11.4 Å². The molecule has 1 aromatic carbocycles. The number of nitrogens with one attached hydrogen (secondary N) is 1. The molecule has 1 rings (SSSR count). The number of methoxy groups -OCH3 is 1. The van der Waals surface area contributed by atoms with E-state index in [1.807, 2.05) is 0 Å². The van der Waals surface area contributed by atoms with Crippen molar-refractivity contribution in [3.05, 3.63) is 24.0 Å². The Morgan fingerprint density at radius 3 is 2.42 bits per heavy atom. The molecule has 0 aliphatic rings. The fraction of sp³-hybridized carbons (Fsp3) is 0.385. The fourth-order valence-corrected chi connectivity index (χ4v) is 1.44. The van der Waals surface area contributed by atoms with Crippen LogP contribution in [0.5, 0.6) is 5.75 Å². The van der Waals surface area contributed by atoms with Crippen LogP contribution in [0.3, 0.4) is 0 Å². The van der Waals surface area contributed by atoms with Crippen LogP contribution in [-0.4, -0.2) is 24.1 Å². The number of ether oxygens (including phenoxy) is 1. The van der Waals surface area contributed by atoms with E-state index in [0.29, 0.717) is 0 Å². The highest BCUT2D eigenvalue weighted by molar-refractivity contribution is 5.94. The molecule has 0 saturated heterocycles. The number of hydrogen-bond acceptors (Lipinski definition) is 3. The van der Waals surface area contributed by atoms with Gasteiger partial charge in [-0.25, -0.2) is 4.39 Å². The van der Waals surface area contributed by atoms with Gasteiger partial charge in [0.2, 0.25) is 5.91 Å². The molecule has 0 radical (unpaired) electrons. The summed E-state index contributed by atoms with van der Waals surface area (Å²) in [6.07, 6.45) is 0. The lowest BCUT2D eigenvalue weighted by atomic mass is 9.95. The minimum absolute atomic E-state index is 0.0740. The van der Waals surface area contributed by atoms with Crippen molar-refractivity contribution in [2.75, 3.05) is 12.4 Å². The van der Waals surface area contributed by atoms with E-state index in [0.717, 1.165) is 6.07 Å². The van der Waals surface area contributed by atoms with Crippen molar-refractivity contribution in [3.63, 3.8) is 0 Å². The molecule has 2 atom stereocenters. The number of amides is 1. The first-order chi connectivity index (χ1) is 8.86. The molecule has 0 saturated carbocycles. The molecule has 0 bridgehead atoms. The molecule has 2 N–H and O–H groups in total. The van der Waals surface area contributed by atoms with Crippen LogP contribution in [0.25, 0.3) is 0 Å². The number of rotatable bonds is 5. The van der Waals surface area contributed by atoms with Crippen molar-refractivity contribution in [2.45, 2.75) is 13.8 Å². The van der Waals surface area contributed by atoms with E-state index in [2.05, 4.69) is 5.32 Å². The summed E-state index contributed by atoms with van der Waals surface area (Å²) in [7, 11) is 1.34. The number of carboxylic acid groups (broad SMARTS) is 1. The van der Waals surface area contributed by atoms with E-state index in [1.54, 1.807) is 0 Å². The van der Waals surface area contributed by atoms with Crippen LogP contribution in [0, 0.1) is 17.7 Å². The third kappa shape index (κ3) is 3.67. The Labute approximate surface area is 110 Å². The van der Waals surface area contributed by atoms with Crippen molar-refractivity contribution >= 4 is 17.6 Å². The van der Waals surface area contributed by atoms with Crippen LogP contribution in [0.15, 0.2) is 18.2 Å². The average molecular weight is 269 g/mol. The second-order valence-electron chi connectivity index (χ2n) is 4.25. The zero-order chi connectivity index (χ0) is 14.6. The number of hydrogen-bond donors (Lipinski definition) is 2. The number of carboxylic acids is 1. The third-order valence-electron chi connectivity index (χ3n) is 2.97. The molecule has 0 aliphatic carbocycles. The molecule has 19 heavy (non-hydrogen) atoms. The molecule has 0 fully saturated rings. The Kier molecular flexibility index (Phi) is 4.86. The van der Waals surface area contributed by atoms with Crippen molar-refractivity contribution in [3.8, 4) is 5.75 Å². The maximum absolute atomic E-state index is 13.4. The highest BCUT2D eigenvalue weighted by atomic mass is 19.1. The predicted octanol–water partition coefficient (Wildman–Crippen LogP) is 2.13. The molecule has 0 aromatic heterocycles. The minimum atomic E-state index is -1.05. The summed E-state index contributed by atoms with van der Waals surface area (Å²) in [5, 5.41) is 11.3. The van der Waals surface area contributed by atoms with Gasteiger partial charge in [-0.1, -0.05) is 13.8 Å². The monoisotopic (exact) mass is 269 g/mol. The first kappa shape index (κ1) is 14.9. The summed E-state index contributed by atoms with van der Waals surface area (Å²) in [5.41, 5.74) is 0.257. The maximum Gasteiger partial charge on any atom is 0.307 e. The molecular formula is C13H16FNO4. The first-order valence-electron chi connectivity index (χ1n) is 5.74. The van der Waals surface area contributed by atoms with Gasteiger partial charge < -0.3 is 15.2 Å². The van der Waals surface area contributed by atoms with Gasteiger partial charge in [-0.05, 0) is 12.1 Å². The Balaban J connectivity index is 2.77. The summed E-state index contributed by atoms with van der Waals surface area (Å²) in [4.78, 5) is 22.6. The van der Waals surface area contributed by atoms with Crippen LogP contribution in [0.1, 0.15) is 13.8 Å². The average Bonchev–Trinajstić information content (AvgIpc) is 2.37. The largest absolute Gasteiger partial charge is 0.494 e. The van der Waals surface area contributed by atoms with Gasteiger partial charge in [-0.2, -0.15) is 0 Å². The van der Waals surface area contributed by atoms with E-state index < -0.39 is 29.5 Å². The van der Waals surface area contributed by atoms with Crippen LogP contribution in [0.2, 0.25) is 0 Å². The number of carbonyl (C=O) groups excluding carboxylic acids is 1. The lowest BCUT2D eigenvalue weighted by Gasteiger charge is -2.16. The Bertz CT molecular complexity index is 490. The molecule has 1 amide bonds. The third-order valence-corrected chi connectivity index (χ3v) is 2.97. The topological polar surface area (TPSA) is 75.6 Å². The van der Waals surface area contributed by atoms with Crippen LogP contribution >= 0.6 is 0 Å². The molecular weight excluding hydrogens is 253 g/mol. The van der Waals surface area contributed by atoms with E-state index in [1.165, 1.54) is 33.1 Å². The normalized spacial score (nSPS) is 13.5. The van der Waals surface area contributed by atoms with E-state index >= 15 is 0 Å². The van der Waals surface area contributed by atoms with Gasteiger partial charge in [-0.15, -0.1) is 0 Å². The van der Waals surface area contributed by atoms with Crippen LogP contribution in [0.4, 0.5) is 10.1 Å². The van der Waals surface area contributed by atoms with Gasteiger partial charge in [-0.3, -0.25) is 9.59 Å². The van der Waals surface area contributed by atoms with Gasteiger partial charge >= 0.3 is 5.97 Å². The zero-order valence-electron chi connectivity index (χ0n) is 10.9. The summed E-state index contributed by atoms with van der Waals surface area (Å²) in [5.74, 6) is -3.59. The highest BCUT2D eigenvalue weighted by Crippen LogP contribution is 2.22. The van der Waals surface area contributed by atoms with Gasteiger partial charge in [0.25, 0.3) is 0 Å². The number of anilines is 1. The Morgan fingerprint density at radius 2 is 1.95 bits per heavy atom. The minimum Gasteiger partial charge on any atom is -0.494 e. The van der Waals surface area contributed by atoms with Crippen molar-refractivity contribution in [1.82, 2.24) is 0 Å². The second kappa shape index (κ2) is 6.17. The summed E-state index contributed by atoms with van der Waals surface area (Å²) < 4.78 is 18.2. The standard InChI is InChI=1S/C13H16FNO4/c1-7(8(2)13(17)18)12(16)15-9-4-5-11(19-3)10(14)6-9/h4-8H,1-3H3,(H,15,16)(H,17,18). The Morgan fingerprint density at radius 1 is 1.32 bits per heavy atom. The lowest BCUT2D eigenvalue weighted by molar-refractivity contribution is -0.145. The van der Waals surface area contributed by atoms with E-state index in [9.17, 15) is 14.0 Å². The summed E-state index contributed by atoms with van der Waals surface area (Å²) in [6.45, 7) is 2.95. The molecule has 2 unspecified atom stereocenters. The smallest absolute Gasteiger partial charge is 0.307 e. The SMILES string of the molecule is COc1ccc(NC(=O)C(C)C(C)C(=O)O)cc1F. The fourth-order valence-electron chi connectivity index (χ4n) is 1.44. The second-order valence-corrected chi connectivity index (χ2v) is 4.25. The van der Waals surface area contributed by atoms with Gasteiger partial charge in [0.15, 0.2) is 11.6 Å². The summed E-state index contributed by atoms with van der Waals surface area (Å²) >= 11 is 0. The van der Waals surface area contributed by atoms with E-state index in [4.69, 9.17) is 9.84 Å². The highest BCUT2D eigenvalue weighted by Gasteiger charge is 2.25. The molecule has 6 heteroatoms. The maximum atomic E-state index is 13.4. The van der Waals surface area contributed by atoms with Gasteiger partial charge in [0, 0.05) is 17.7 Å². The lowest BCUT2D eigenvalue weighted by Crippen LogP contribution is -2.29. The molecule has 104 valence electrons. The molecule has 0 aliphatic heterocycles. The van der Waals surface area contributed by atoms with Gasteiger partial charge in [0.1, 0.15) is 0 Å². The molecule has 1 aromatic rings. The summed E-state index contributed by atoms with van der Waals surface area (Å²) in [6, 6.07) is 3.99. The van der Waals surface area contributed by atoms with Crippen molar-refractivity contribution in [1.29, 1.82) is 0 Å². The van der Waals surface area contributed by atoms with Crippen molar-refractivity contribution < 1.29 is 23.8 Å². The number of carbonyl (C=O) groups is 2. The molecule has 5 nitrogen and oxygen atoms in total. The zero-order valence-corrected chi connectivity index (χ0v) is 10.9. The van der Waals surface area contributed by atoms with Crippen LogP contribution < -0.4 is 10.1 Å². The van der Waals surface area contributed by atoms with Crippen molar-refractivity contribution in [2.24, 2.45) is 11.8 Å². The predicted molar refractivity (Wildman–Crippen MR) is 67.5 cm³/mol. The molecule has 0 heterocycles. The quantitative estimate of drug-likeness (QED) is 0.858. The van der Waals surface area contributed by atoms with Gasteiger partial charge in [0.05, 0.1) is 13.0 Å². The molecule has 0 spiro atoms. The first-order valence-corrected chi connectivity index (χ1v) is 5.74. The Hall–Kier alpha value is -2.11. The number of aliphatic carboxylic acids is 1. The number of benzene rings is 1. The number of halogens is 1. The van der Waals surface area contributed by atoms with Crippen LogP contribution in [-0.2, 0) is 9.59 Å².